The number of anilines is 1. The first-order valence-electron chi connectivity index (χ1n) is 10.5. The summed E-state index contributed by atoms with van der Waals surface area (Å²) in [6.07, 6.45) is 1.38. The molecule has 2 heterocycles. The van der Waals surface area contributed by atoms with Crippen LogP contribution in [0.5, 0.6) is 34.5 Å². The fourth-order valence-electron chi connectivity index (χ4n) is 3.93. The Bertz CT molecular complexity index is 1340. The van der Waals surface area contributed by atoms with Gasteiger partial charge in [0.1, 0.15) is 12.1 Å². The molecule has 182 valence electrons. The van der Waals surface area contributed by atoms with Gasteiger partial charge in [-0.15, -0.1) is 0 Å². The standard InChI is InChI=1S/C25H26N4O6/c1-30-17-7-13(8-18(31-2)22(17)34-5)15-11-16(29-25-21(15)24(26)27-12-28-25)14-9-19(32-3)23(35-6)20(10-14)33-4/h7-12H,1-6H3,(H2,26,27,28,29). The van der Waals surface area contributed by atoms with Crippen molar-refractivity contribution in [2.45, 2.75) is 0 Å². The molecular formula is C25H26N4O6. The third-order valence-corrected chi connectivity index (χ3v) is 5.57. The SMILES string of the molecule is COc1cc(-c2cc(-c3cc(OC)c(OC)c(OC)c3)c3c(N)ncnc3n2)cc(OC)c1OC. The molecule has 0 unspecified atom stereocenters. The Kier molecular flexibility index (Phi) is 6.63. The molecule has 4 rings (SSSR count). The smallest absolute Gasteiger partial charge is 0.203 e. The number of rotatable bonds is 8. The van der Waals surface area contributed by atoms with Gasteiger partial charge in [-0.2, -0.15) is 0 Å². The lowest BCUT2D eigenvalue weighted by Crippen LogP contribution is -2.01. The van der Waals surface area contributed by atoms with Crippen molar-refractivity contribution in [3.8, 4) is 56.9 Å². The largest absolute Gasteiger partial charge is 0.493 e. The van der Waals surface area contributed by atoms with Crippen molar-refractivity contribution in [3.63, 3.8) is 0 Å². The van der Waals surface area contributed by atoms with Gasteiger partial charge in [-0.3, -0.25) is 0 Å². The zero-order chi connectivity index (χ0) is 25.1. The summed E-state index contributed by atoms with van der Waals surface area (Å²) >= 11 is 0. The summed E-state index contributed by atoms with van der Waals surface area (Å²) < 4.78 is 33.1. The summed E-state index contributed by atoms with van der Waals surface area (Å²) in [4.78, 5) is 13.3. The Morgan fingerprint density at radius 1 is 0.600 bits per heavy atom. The van der Waals surface area contributed by atoms with Crippen molar-refractivity contribution in [2.24, 2.45) is 0 Å². The molecule has 4 aromatic rings. The highest BCUT2D eigenvalue weighted by molar-refractivity contribution is 6.01. The highest BCUT2D eigenvalue weighted by Gasteiger charge is 2.20. The summed E-state index contributed by atoms with van der Waals surface area (Å²) in [5, 5.41) is 0.595. The second kappa shape index (κ2) is 9.80. The van der Waals surface area contributed by atoms with Gasteiger partial charge in [0.05, 0.1) is 53.7 Å². The van der Waals surface area contributed by atoms with E-state index in [0.717, 1.165) is 16.7 Å². The number of fused-ring (bicyclic) bond motifs is 1. The van der Waals surface area contributed by atoms with Gasteiger partial charge in [0.2, 0.25) is 11.5 Å². The van der Waals surface area contributed by atoms with Crippen LogP contribution in [-0.2, 0) is 0 Å². The molecule has 2 aromatic carbocycles. The van der Waals surface area contributed by atoms with Crippen LogP contribution in [-0.4, -0.2) is 57.6 Å². The normalized spacial score (nSPS) is 10.7. The van der Waals surface area contributed by atoms with E-state index in [4.69, 9.17) is 39.1 Å². The molecule has 10 nitrogen and oxygen atoms in total. The van der Waals surface area contributed by atoms with Crippen molar-refractivity contribution in [3.05, 3.63) is 36.7 Å². The lowest BCUT2D eigenvalue weighted by Gasteiger charge is -2.17. The zero-order valence-corrected chi connectivity index (χ0v) is 20.3. The Morgan fingerprint density at radius 3 is 1.54 bits per heavy atom. The average Bonchev–Trinajstić information content (AvgIpc) is 2.90. The van der Waals surface area contributed by atoms with Crippen LogP contribution in [0.15, 0.2) is 36.7 Å². The van der Waals surface area contributed by atoms with Crippen molar-refractivity contribution < 1.29 is 28.4 Å². The van der Waals surface area contributed by atoms with E-state index in [2.05, 4.69) is 9.97 Å². The predicted molar refractivity (Wildman–Crippen MR) is 132 cm³/mol. The second-order valence-electron chi connectivity index (χ2n) is 7.34. The third kappa shape index (κ3) is 4.14. The van der Waals surface area contributed by atoms with Crippen molar-refractivity contribution in [1.29, 1.82) is 0 Å². The van der Waals surface area contributed by atoms with Crippen LogP contribution >= 0.6 is 0 Å². The number of methoxy groups -OCH3 is 6. The van der Waals surface area contributed by atoms with Gasteiger partial charge in [-0.05, 0) is 41.5 Å². The predicted octanol–water partition coefficient (Wildman–Crippen LogP) is 3.99. The van der Waals surface area contributed by atoms with E-state index in [-0.39, 0.29) is 0 Å². The Labute approximate surface area is 202 Å². The van der Waals surface area contributed by atoms with E-state index in [0.29, 0.717) is 57.0 Å². The fourth-order valence-corrected chi connectivity index (χ4v) is 3.93. The number of hydrogen-bond donors (Lipinski definition) is 1. The fraction of sp³-hybridized carbons (Fsp3) is 0.240. The van der Waals surface area contributed by atoms with Crippen LogP contribution in [0.1, 0.15) is 0 Å². The van der Waals surface area contributed by atoms with Crippen LogP contribution in [0.3, 0.4) is 0 Å². The van der Waals surface area contributed by atoms with Gasteiger partial charge in [-0.1, -0.05) is 0 Å². The Balaban J connectivity index is 2.04. The monoisotopic (exact) mass is 478 g/mol. The Hall–Kier alpha value is -4.47. The third-order valence-electron chi connectivity index (χ3n) is 5.57. The van der Waals surface area contributed by atoms with Gasteiger partial charge in [0, 0.05) is 5.56 Å². The van der Waals surface area contributed by atoms with E-state index in [9.17, 15) is 0 Å². The molecule has 0 amide bonds. The van der Waals surface area contributed by atoms with Gasteiger partial charge in [0.25, 0.3) is 0 Å². The first-order valence-corrected chi connectivity index (χ1v) is 10.5. The molecule has 10 heteroatoms. The van der Waals surface area contributed by atoms with Crippen LogP contribution in [0, 0.1) is 0 Å². The lowest BCUT2D eigenvalue weighted by atomic mass is 9.98. The zero-order valence-electron chi connectivity index (χ0n) is 20.3. The molecule has 0 radical (unpaired) electrons. The summed E-state index contributed by atoms with van der Waals surface area (Å²) in [6, 6.07) is 9.20. The number of benzene rings is 2. The van der Waals surface area contributed by atoms with Crippen LogP contribution < -0.4 is 34.2 Å². The minimum absolute atomic E-state index is 0.294. The molecule has 0 saturated carbocycles. The minimum Gasteiger partial charge on any atom is -0.493 e. The number of hydrogen-bond acceptors (Lipinski definition) is 10. The lowest BCUT2D eigenvalue weighted by molar-refractivity contribution is 0.324. The number of ether oxygens (including phenoxy) is 6. The molecule has 0 atom stereocenters. The first-order chi connectivity index (χ1) is 17.0. The number of nitrogens with zero attached hydrogens (tertiary/aromatic N) is 3. The van der Waals surface area contributed by atoms with E-state index >= 15 is 0 Å². The maximum atomic E-state index is 6.27. The van der Waals surface area contributed by atoms with E-state index in [1.807, 2.05) is 30.3 Å². The summed E-state index contributed by atoms with van der Waals surface area (Å²) in [6.45, 7) is 0. The summed E-state index contributed by atoms with van der Waals surface area (Å²) in [7, 11) is 9.34. The number of pyridine rings is 1. The number of aromatic nitrogens is 3. The van der Waals surface area contributed by atoms with Gasteiger partial charge < -0.3 is 34.2 Å². The molecule has 0 fully saturated rings. The number of nitrogen functional groups attached to an aromatic ring is 1. The maximum Gasteiger partial charge on any atom is 0.203 e. The molecule has 0 aliphatic carbocycles. The van der Waals surface area contributed by atoms with Gasteiger partial charge >= 0.3 is 0 Å². The minimum atomic E-state index is 0.294. The van der Waals surface area contributed by atoms with E-state index < -0.39 is 0 Å². The van der Waals surface area contributed by atoms with Crippen molar-refractivity contribution >= 4 is 16.9 Å². The average molecular weight is 479 g/mol. The molecule has 35 heavy (non-hydrogen) atoms. The first kappa shape index (κ1) is 23.7. The van der Waals surface area contributed by atoms with Crippen LogP contribution in [0.2, 0.25) is 0 Å². The molecule has 2 N–H and O–H groups in total. The molecule has 0 bridgehead atoms. The van der Waals surface area contributed by atoms with E-state index in [1.165, 1.54) is 6.33 Å². The Morgan fingerprint density at radius 2 is 1.09 bits per heavy atom. The van der Waals surface area contributed by atoms with Gasteiger partial charge in [-0.25, -0.2) is 15.0 Å². The van der Waals surface area contributed by atoms with E-state index in [1.54, 1.807) is 42.7 Å². The highest BCUT2D eigenvalue weighted by atomic mass is 16.5. The van der Waals surface area contributed by atoms with Crippen molar-refractivity contribution in [2.75, 3.05) is 48.4 Å². The molecular weight excluding hydrogens is 452 g/mol. The summed E-state index contributed by atoms with van der Waals surface area (Å²) in [5.41, 5.74) is 9.52. The molecule has 0 aliphatic heterocycles. The molecule has 0 saturated heterocycles. The van der Waals surface area contributed by atoms with Crippen LogP contribution in [0.4, 0.5) is 5.82 Å². The summed E-state index contributed by atoms with van der Waals surface area (Å²) in [5.74, 6) is 3.25. The molecule has 0 spiro atoms. The maximum absolute atomic E-state index is 6.27. The second-order valence-corrected chi connectivity index (χ2v) is 7.34. The van der Waals surface area contributed by atoms with Gasteiger partial charge in [0.15, 0.2) is 28.6 Å². The highest BCUT2D eigenvalue weighted by Crippen LogP contribution is 2.45. The quantitative estimate of drug-likeness (QED) is 0.398. The van der Waals surface area contributed by atoms with Crippen molar-refractivity contribution in [1.82, 2.24) is 15.0 Å². The number of nitrogens with two attached hydrogens (primary N) is 1. The molecule has 0 aliphatic rings. The molecule has 2 aromatic heterocycles. The topological polar surface area (TPSA) is 120 Å². The van der Waals surface area contributed by atoms with Crippen LogP contribution in [0.25, 0.3) is 33.4 Å².